The molecule has 18 N–H and O–H groups in total. The van der Waals surface area contributed by atoms with E-state index < -0.39 is 180 Å². The number of aromatic nitrogens is 1. The highest BCUT2D eigenvalue weighted by atomic mass is 16.8. The van der Waals surface area contributed by atoms with Crippen molar-refractivity contribution in [1.29, 1.82) is 0 Å². The molecule has 5 heterocycles. The molecule has 27 nitrogen and oxygen atoms in total. The minimum absolute atomic E-state index is 0.324. The van der Waals surface area contributed by atoms with Gasteiger partial charge < -0.3 is 130 Å². The molecule has 0 saturated carbocycles. The number of hydrogen-bond donors (Lipinski definition) is 18. The van der Waals surface area contributed by atoms with Crippen LogP contribution < -0.4 is 5.32 Å². The Morgan fingerprint density at radius 2 is 0.935 bits per heavy atom. The Balaban J connectivity index is 1.21. The number of ether oxygens (including phenoxy) is 8. The van der Waals surface area contributed by atoms with Crippen LogP contribution in [0.1, 0.15) is 0 Å². The predicted octanol–water partition coefficient (Wildman–Crippen LogP) is -10.8. The summed E-state index contributed by atoms with van der Waals surface area (Å²) < 4.78 is 44.3. The zero-order chi connectivity index (χ0) is 45.6. The molecule has 4 aliphatic rings. The molecule has 24 atom stereocenters. The van der Waals surface area contributed by atoms with Crippen molar-refractivity contribution >= 4 is 5.82 Å². The van der Waals surface area contributed by atoms with Gasteiger partial charge in [0.25, 0.3) is 0 Å². The lowest BCUT2D eigenvalue weighted by Crippen LogP contribution is -2.67. The van der Waals surface area contributed by atoms with Gasteiger partial charge in [0.2, 0.25) is 0 Å². The minimum Gasteiger partial charge on any atom is -0.394 e. The molecule has 0 spiro atoms. The number of anilines is 1. The second kappa shape index (κ2) is 22.9. The van der Waals surface area contributed by atoms with E-state index in [0.29, 0.717) is 5.82 Å². The summed E-state index contributed by atoms with van der Waals surface area (Å²) in [7, 11) is 0. The number of aliphatic hydroxyl groups is 17. The van der Waals surface area contributed by atoms with Crippen molar-refractivity contribution in [1.82, 2.24) is 4.98 Å². The average molecular weight is 907 g/mol. The number of nitrogens with zero attached hydrogens (tertiary/aromatic N) is 1. The molecule has 0 amide bonds. The first-order valence-corrected chi connectivity index (χ1v) is 19.6. The van der Waals surface area contributed by atoms with E-state index in [0.717, 1.165) is 0 Å². The predicted molar refractivity (Wildman–Crippen MR) is 194 cm³/mol. The standard InChI is InChI=1S/C35H58N2O25/c38-6-12(44)28(18(45)11(43)5-37-17-3-1-2-4-36-17)59-33-25(52)21(48)30(14(8-40)56-33)61-35-27(54)23(50)31(16(10-42)58-35)62-34-26(53)22(49)29(15(9-41)57-34)60-32-24(51)20(47)19(46)13(7-39)55-32/h1-4,11-16,18-35,38-54H,5-10H2,(H,36,37)/t11-,12+,13+,14+,15+,16+,18+,19+,20-,21+,22+,23+,24+,25+,26+,27+,28+,29+,30+,31+,32+,33+,34+,35+/m0/s1. The smallest absolute Gasteiger partial charge is 0.187 e. The first-order valence-electron chi connectivity index (χ1n) is 19.6. The fourth-order valence-corrected chi connectivity index (χ4v) is 7.32. The van der Waals surface area contributed by atoms with E-state index in [1.807, 2.05) is 0 Å². The Morgan fingerprint density at radius 3 is 1.35 bits per heavy atom. The van der Waals surface area contributed by atoms with Crippen molar-refractivity contribution in [3.8, 4) is 0 Å². The lowest BCUT2D eigenvalue weighted by Gasteiger charge is -2.49. The molecule has 4 fully saturated rings. The summed E-state index contributed by atoms with van der Waals surface area (Å²) >= 11 is 0. The molecule has 4 aliphatic heterocycles. The SMILES string of the molecule is OC[C@@H](O)[C@@H](O[C@H]1O[C@H](CO)[C@@H](O[C@H]2O[C@H](CO)[C@@H](O[C@H]3O[C@H](CO)[C@@H](O[C@H]4O[C@H](CO)[C@@H](O)[C@H](O)[C@H]4O)[C@H](O)[C@H]3O)[C@H](O)[C@H]2O)[C@H](O)[C@H]1O)[C@H](O)[C@@H](O)CNc1ccccn1. The highest BCUT2D eigenvalue weighted by Crippen LogP contribution is 2.35. The number of nitrogens with one attached hydrogen (secondary N) is 1. The quantitative estimate of drug-likeness (QED) is 0.0613. The normalized spacial score (nSPS) is 43.7. The van der Waals surface area contributed by atoms with Crippen LogP contribution >= 0.6 is 0 Å². The molecule has 0 aromatic carbocycles. The fourth-order valence-electron chi connectivity index (χ4n) is 7.32. The van der Waals surface area contributed by atoms with Gasteiger partial charge >= 0.3 is 0 Å². The lowest BCUT2D eigenvalue weighted by molar-refractivity contribution is -0.390. The maximum Gasteiger partial charge on any atom is 0.187 e. The monoisotopic (exact) mass is 906 g/mol. The maximum atomic E-state index is 11.2. The fraction of sp³-hybridized carbons (Fsp3) is 0.857. The van der Waals surface area contributed by atoms with Gasteiger partial charge in [-0.05, 0) is 12.1 Å². The summed E-state index contributed by atoms with van der Waals surface area (Å²) in [6.45, 7) is -5.06. The highest BCUT2D eigenvalue weighted by molar-refractivity contribution is 5.33. The van der Waals surface area contributed by atoms with Gasteiger partial charge in [0.15, 0.2) is 25.2 Å². The first kappa shape index (κ1) is 50.9. The molecule has 27 heteroatoms. The molecular weight excluding hydrogens is 848 g/mol. The van der Waals surface area contributed by atoms with Crippen LogP contribution in [0.5, 0.6) is 0 Å². The minimum atomic E-state index is -2.14. The topological polar surface area (TPSA) is 443 Å². The van der Waals surface area contributed by atoms with E-state index in [1.165, 1.54) is 6.20 Å². The second-order valence-electron chi connectivity index (χ2n) is 15.1. The van der Waals surface area contributed by atoms with Crippen LogP contribution in [0.3, 0.4) is 0 Å². The van der Waals surface area contributed by atoms with Gasteiger partial charge in [-0.3, -0.25) is 0 Å². The van der Waals surface area contributed by atoms with Gasteiger partial charge in [-0.25, -0.2) is 4.98 Å². The molecule has 1 aromatic heterocycles. The third-order valence-corrected chi connectivity index (χ3v) is 10.9. The first-order chi connectivity index (χ1) is 29.5. The van der Waals surface area contributed by atoms with Crippen LogP contribution in [0.15, 0.2) is 24.4 Å². The van der Waals surface area contributed by atoms with Crippen LogP contribution in [0, 0.1) is 0 Å². The largest absolute Gasteiger partial charge is 0.394 e. The molecule has 1 aromatic rings. The van der Waals surface area contributed by atoms with Crippen LogP contribution in [0.4, 0.5) is 5.82 Å². The Morgan fingerprint density at radius 1 is 0.516 bits per heavy atom. The van der Waals surface area contributed by atoms with Gasteiger partial charge in [-0.1, -0.05) is 6.07 Å². The van der Waals surface area contributed by atoms with Crippen LogP contribution in [-0.4, -0.2) is 279 Å². The average Bonchev–Trinajstić information content (AvgIpc) is 3.28. The molecule has 0 bridgehead atoms. The molecular formula is C35H58N2O25. The highest BCUT2D eigenvalue weighted by Gasteiger charge is 2.55. The zero-order valence-electron chi connectivity index (χ0n) is 32.7. The van der Waals surface area contributed by atoms with Crippen LogP contribution in [0.25, 0.3) is 0 Å². The van der Waals surface area contributed by atoms with Gasteiger partial charge in [0.1, 0.15) is 122 Å². The van der Waals surface area contributed by atoms with E-state index in [4.69, 9.17) is 37.9 Å². The third-order valence-electron chi connectivity index (χ3n) is 10.9. The summed E-state index contributed by atoms with van der Waals surface area (Å²) in [5.74, 6) is 0.324. The molecule has 0 unspecified atom stereocenters. The lowest BCUT2D eigenvalue weighted by atomic mass is 9.95. The summed E-state index contributed by atoms with van der Waals surface area (Å²) in [6.07, 6.45) is -43.4. The number of hydrogen-bond acceptors (Lipinski definition) is 27. The van der Waals surface area contributed by atoms with Crippen LogP contribution in [0.2, 0.25) is 0 Å². The van der Waals surface area contributed by atoms with Crippen molar-refractivity contribution in [2.45, 2.75) is 147 Å². The van der Waals surface area contributed by atoms with Gasteiger partial charge in [-0.15, -0.1) is 0 Å². The Hall–Kier alpha value is -2.05. The Bertz CT molecular complexity index is 1460. The molecule has 62 heavy (non-hydrogen) atoms. The van der Waals surface area contributed by atoms with Gasteiger partial charge in [0, 0.05) is 12.7 Å². The second-order valence-corrected chi connectivity index (χ2v) is 15.1. The summed E-state index contributed by atoms with van der Waals surface area (Å²) in [6, 6.07) is 4.85. The summed E-state index contributed by atoms with van der Waals surface area (Å²) in [5, 5.41) is 181. The van der Waals surface area contributed by atoms with E-state index in [9.17, 15) is 86.8 Å². The van der Waals surface area contributed by atoms with Crippen molar-refractivity contribution in [3.63, 3.8) is 0 Å². The van der Waals surface area contributed by atoms with Crippen molar-refractivity contribution in [3.05, 3.63) is 24.4 Å². The van der Waals surface area contributed by atoms with E-state index in [1.54, 1.807) is 18.2 Å². The van der Waals surface area contributed by atoms with E-state index in [2.05, 4.69) is 10.3 Å². The number of aliphatic hydroxyl groups excluding tert-OH is 17. The Labute approximate surface area is 352 Å². The van der Waals surface area contributed by atoms with E-state index in [-0.39, 0.29) is 6.54 Å². The molecule has 0 radical (unpaired) electrons. The molecule has 358 valence electrons. The molecule has 5 rings (SSSR count). The number of rotatable bonds is 19. The van der Waals surface area contributed by atoms with Crippen molar-refractivity contribution in [2.75, 3.05) is 44.9 Å². The van der Waals surface area contributed by atoms with Crippen LogP contribution in [-0.2, 0) is 37.9 Å². The number of pyridine rings is 1. The van der Waals surface area contributed by atoms with Crippen molar-refractivity contribution in [2.24, 2.45) is 0 Å². The van der Waals surface area contributed by atoms with Gasteiger partial charge in [0.05, 0.1) is 39.1 Å². The summed E-state index contributed by atoms with van der Waals surface area (Å²) in [4.78, 5) is 4.01. The summed E-state index contributed by atoms with van der Waals surface area (Å²) in [5.41, 5.74) is 0. The van der Waals surface area contributed by atoms with Gasteiger partial charge in [-0.2, -0.15) is 0 Å². The third kappa shape index (κ3) is 11.3. The molecule has 4 saturated heterocycles. The molecule has 0 aliphatic carbocycles. The van der Waals surface area contributed by atoms with E-state index >= 15 is 0 Å². The maximum absolute atomic E-state index is 11.2. The Kier molecular flexibility index (Phi) is 18.8. The van der Waals surface area contributed by atoms with Crippen molar-refractivity contribution < 1.29 is 125 Å². The zero-order valence-corrected chi connectivity index (χ0v) is 32.7.